The van der Waals surface area contributed by atoms with Crippen molar-refractivity contribution in [2.24, 2.45) is 5.92 Å². The largest absolute Gasteiger partial charge is 0.327 e. The minimum atomic E-state index is -0.167. The van der Waals surface area contributed by atoms with Gasteiger partial charge >= 0.3 is 6.03 Å². The molecule has 4 heteroatoms. The number of hydrogen-bond acceptors (Lipinski definition) is 2. The maximum atomic E-state index is 12.8. The second-order valence-corrected chi connectivity index (χ2v) is 7.11. The molecule has 0 aromatic heterocycles. The van der Waals surface area contributed by atoms with E-state index in [0.717, 1.165) is 38.6 Å². The molecule has 1 saturated carbocycles. The van der Waals surface area contributed by atoms with Gasteiger partial charge in [0.15, 0.2) is 0 Å². The molecule has 1 aromatic carbocycles. The Morgan fingerprint density at radius 2 is 1.91 bits per heavy atom. The Bertz CT molecular complexity index is 647. The van der Waals surface area contributed by atoms with Gasteiger partial charge in [-0.3, -0.25) is 9.69 Å². The summed E-state index contributed by atoms with van der Waals surface area (Å²) in [4.78, 5) is 28.9. The van der Waals surface area contributed by atoms with Crippen molar-refractivity contribution < 1.29 is 9.59 Å². The molecule has 2 aliphatic carbocycles. The van der Waals surface area contributed by atoms with E-state index in [1.807, 2.05) is 4.90 Å². The van der Waals surface area contributed by atoms with Crippen LogP contribution in [0.2, 0.25) is 0 Å². The van der Waals surface area contributed by atoms with E-state index in [9.17, 15) is 9.59 Å². The van der Waals surface area contributed by atoms with Crippen LogP contribution >= 0.6 is 0 Å². The lowest BCUT2D eigenvalue weighted by Crippen LogP contribution is -2.39. The van der Waals surface area contributed by atoms with Crippen molar-refractivity contribution in [3.8, 4) is 0 Å². The number of carbonyl (C=O) groups is 2. The summed E-state index contributed by atoms with van der Waals surface area (Å²) >= 11 is 0. The second-order valence-electron chi connectivity index (χ2n) is 7.11. The highest BCUT2D eigenvalue weighted by molar-refractivity contribution is 6.05. The molecular weight excluding hydrogens is 276 g/mol. The van der Waals surface area contributed by atoms with E-state index < -0.39 is 0 Å². The van der Waals surface area contributed by atoms with Crippen molar-refractivity contribution in [3.63, 3.8) is 0 Å². The molecule has 114 valence electrons. The van der Waals surface area contributed by atoms with Gasteiger partial charge in [0, 0.05) is 12.5 Å². The van der Waals surface area contributed by atoms with E-state index in [2.05, 4.69) is 24.3 Å². The minimum Gasteiger partial charge on any atom is -0.312 e. The summed E-state index contributed by atoms with van der Waals surface area (Å²) in [6, 6.07) is 8.47. The third kappa shape index (κ3) is 1.53. The van der Waals surface area contributed by atoms with Crippen LogP contribution in [0.25, 0.3) is 0 Å². The number of nitrogens with zero attached hydrogens (tertiary/aromatic N) is 2. The first-order valence-electron chi connectivity index (χ1n) is 8.49. The molecule has 4 nitrogen and oxygen atoms in total. The molecule has 3 fully saturated rings. The Morgan fingerprint density at radius 1 is 1.05 bits per heavy atom. The molecule has 2 heterocycles. The van der Waals surface area contributed by atoms with Gasteiger partial charge in [0.25, 0.3) is 5.91 Å². The average Bonchev–Trinajstić information content (AvgIpc) is 3.23. The number of hydrogen-bond donors (Lipinski definition) is 0. The fourth-order valence-corrected chi connectivity index (χ4v) is 4.97. The highest BCUT2D eigenvalue weighted by atomic mass is 16.2. The smallest absolute Gasteiger partial charge is 0.312 e. The Kier molecular flexibility index (Phi) is 2.50. The third-order valence-corrected chi connectivity index (χ3v) is 6.06. The Hall–Kier alpha value is -1.84. The molecule has 1 aromatic rings. The van der Waals surface area contributed by atoms with Crippen molar-refractivity contribution in [2.45, 2.75) is 50.1 Å². The van der Waals surface area contributed by atoms with Crippen LogP contribution in [0.4, 0.5) is 4.79 Å². The second kappa shape index (κ2) is 4.34. The van der Waals surface area contributed by atoms with Crippen LogP contribution in [0.5, 0.6) is 0 Å². The van der Waals surface area contributed by atoms with Gasteiger partial charge in [0.2, 0.25) is 0 Å². The minimum absolute atomic E-state index is 0.0217. The van der Waals surface area contributed by atoms with Crippen molar-refractivity contribution in [1.82, 2.24) is 9.80 Å². The summed E-state index contributed by atoms with van der Waals surface area (Å²) in [7, 11) is 0. The first kappa shape index (κ1) is 12.7. The van der Waals surface area contributed by atoms with Crippen LogP contribution in [0.15, 0.2) is 24.3 Å². The number of aryl methyl sites for hydroxylation is 1. The fraction of sp³-hybridized carbons (Fsp3) is 0.556. The number of rotatable bonds is 1. The highest BCUT2D eigenvalue weighted by Crippen LogP contribution is 2.58. The SMILES string of the molecule is O=C1[C@@H]2CCCCN2C(=O)N1[C@@H]1[C@@H]2CCc3ccccc3[C@@H]21. The van der Waals surface area contributed by atoms with Gasteiger partial charge in [0.05, 0.1) is 6.04 Å². The molecular formula is C18H20N2O2. The Labute approximate surface area is 130 Å². The topological polar surface area (TPSA) is 40.6 Å². The van der Waals surface area contributed by atoms with Crippen molar-refractivity contribution >= 4 is 11.9 Å². The number of imide groups is 1. The van der Waals surface area contributed by atoms with Gasteiger partial charge < -0.3 is 4.90 Å². The zero-order chi connectivity index (χ0) is 14.8. The summed E-state index contributed by atoms with van der Waals surface area (Å²) in [5.41, 5.74) is 2.78. The molecule has 2 saturated heterocycles. The van der Waals surface area contributed by atoms with E-state index in [1.165, 1.54) is 11.1 Å². The van der Waals surface area contributed by atoms with E-state index in [-0.39, 0.29) is 24.0 Å². The van der Waals surface area contributed by atoms with Gasteiger partial charge in [-0.2, -0.15) is 0 Å². The number of fused-ring (bicyclic) bond motifs is 4. The van der Waals surface area contributed by atoms with Gasteiger partial charge in [0.1, 0.15) is 6.04 Å². The van der Waals surface area contributed by atoms with Gasteiger partial charge in [-0.1, -0.05) is 24.3 Å². The van der Waals surface area contributed by atoms with Gasteiger partial charge in [-0.15, -0.1) is 0 Å². The van der Waals surface area contributed by atoms with Crippen LogP contribution in [-0.4, -0.2) is 40.4 Å². The third-order valence-electron chi connectivity index (χ3n) is 6.06. The van der Waals surface area contributed by atoms with Crippen LogP contribution in [-0.2, 0) is 11.2 Å². The quantitative estimate of drug-likeness (QED) is 0.747. The predicted octanol–water partition coefficient (Wildman–Crippen LogP) is 2.53. The van der Waals surface area contributed by atoms with Crippen LogP contribution < -0.4 is 0 Å². The average molecular weight is 296 g/mol. The van der Waals surface area contributed by atoms with Crippen LogP contribution in [0.1, 0.15) is 42.7 Å². The highest BCUT2D eigenvalue weighted by Gasteiger charge is 2.62. The molecule has 0 radical (unpaired) electrons. The number of amides is 3. The van der Waals surface area contributed by atoms with Crippen LogP contribution in [0, 0.1) is 5.92 Å². The molecule has 0 unspecified atom stereocenters. The summed E-state index contributed by atoms with van der Waals surface area (Å²) in [6.07, 6.45) is 5.13. The first-order chi connectivity index (χ1) is 10.8. The molecule has 0 N–H and O–H groups in total. The number of urea groups is 1. The van der Waals surface area contributed by atoms with E-state index in [1.54, 1.807) is 4.90 Å². The zero-order valence-corrected chi connectivity index (χ0v) is 12.6. The lowest BCUT2D eigenvalue weighted by Gasteiger charge is -2.26. The molecule has 3 amide bonds. The van der Waals surface area contributed by atoms with Crippen LogP contribution in [0.3, 0.4) is 0 Å². The standard InChI is InChI=1S/C18H20N2O2/c21-17-14-7-3-4-10-19(14)18(22)20(17)16-13-9-8-11-5-1-2-6-12(11)15(13)16/h1-2,5-6,13-16H,3-4,7-10H2/t13-,14+,15+,16-/m1/s1. The van der Waals surface area contributed by atoms with Crippen molar-refractivity contribution in [2.75, 3.05) is 6.54 Å². The lowest BCUT2D eigenvalue weighted by atomic mass is 9.92. The van der Waals surface area contributed by atoms with E-state index in [4.69, 9.17) is 0 Å². The summed E-state index contributed by atoms with van der Waals surface area (Å²) in [5.74, 6) is 0.949. The summed E-state index contributed by atoms with van der Waals surface area (Å²) in [5, 5.41) is 0. The molecule has 4 atom stereocenters. The van der Waals surface area contributed by atoms with E-state index >= 15 is 0 Å². The number of piperidine rings is 1. The molecule has 4 aliphatic rings. The first-order valence-corrected chi connectivity index (χ1v) is 8.49. The van der Waals surface area contributed by atoms with Crippen molar-refractivity contribution in [1.29, 1.82) is 0 Å². The fourth-order valence-electron chi connectivity index (χ4n) is 4.97. The number of benzene rings is 1. The zero-order valence-electron chi connectivity index (χ0n) is 12.6. The lowest BCUT2D eigenvalue weighted by molar-refractivity contribution is -0.129. The number of carbonyl (C=O) groups excluding carboxylic acids is 2. The van der Waals surface area contributed by atoms with E-state index in [0.29, 0.717) is 11.8 Å². The van der Waals surface area contributed by atoms with Gasteiger partial charge in [-0.05, 0) is 49.1 Å². The molecule has 2 aliphatic heterocycles. The summed E-state index contributed by atoms with van der Waals surface area (Å²) in [6.45, 7) is 0.754. The predicted molar refractivity (Wildman–Crippen MR) is 81.4 cm³/mol. The molecule has 0 spiro atoms. The monoisotopic (exact) mass is 296 g/mol. The Morgan fingerprint density at radius 3 is 2.77 bits per heavy atom. The summed E-state index contributed by atoms with van der Waals surface area (Å²) < 4.78 is 0. The maximum absolute atomic E-state index is 12.8. The van der Waals surface area contributed by atoms with Gasteiger partial charge in [-0.25, -0.2) is 4.79 Å². The molecule has 0 bridgehead atoms. The maximum Gasteiger partial charge on any atom is 0.327 e. The Balaban J connectivity index is 1.47. The molecule has 22 heavy (non-hydrogen) atoms. The van der Waals surface area contributed by atoms with Crippen molar-refractivity contribution in [3.05, 3.63) is 35.4 Å². The molecule has 5 rings (SSSR count). The normalized spacial score (nSPS) is 36.0.